The monoisotopic (exact) mass is 352 g/mol. The minimum absolute atomic E-state index is 0.525. The molecule has 134 valence electrons. The Morgan fingerprint density at radius 3 is 2.56 bits per heavy atom. The highest BCUT2D eigenvalue weighted by Gasteiger charge is 2.12. The molecule has 1 heteroatoms. The number of unbranched alkanes of at least 4 members (excludes halogenated alkanes) is 1. The Hall–Kier alpha value is -1.60. The zero-order valence-electron chi connectivity index (χ0n) is 16.3. The molecule has 2 aromatic rings. The molecule has 1 atom stereocenters. The van der Waals surface area contributed by atoms with E-state index in [0.717, 1.165) is 25.7 Å². The van der Waals surface area contributed by atoms with Gasteiger partial charge in [0.05, 0.1) is 0 Å². The molecule has 0 bridgehead atoms. The van der Waals surface area contributed by atoms with Crippen LogP contribution < -0.4 is 0 Å². The lowest BCUT2D eigenvalue weighted by molar-refractivity contribution is 0.840. The van der Waals surface area contributed by atoms with Gasteiger partial charge in [-0.25, -0.2) is 0 Å². The van der Waals surface area contributed by atoms with Crippen molar-refractivity contribution in [2.24, 2.45) is 0 Å². The Labute approximate surface area is 158 Å². The average molecular weight is 353 g/mol. The molecule has 1 unspecified atom stereocenters. The minimum Gasteiger partial charge on any atom is -0.148 e. The topological polar surface area (TPSA) is 0 Å². The Morgan fingerprint density at radius 1 is 1.16 bits per heavy atom. The van der Waals surface area contributed by atoms with E-state index in [1.54, 1.807) is 0 Å². The van der Waals surface area contributed by atoms with Crippen LogP contribution in [0.15, 0.2) is 53.9 Å². The Kier molecular flexibility index (Phi) is 7.71. The van der Waals surface area contributed by atoms with Crippen LogP contribution in [0.4, 0.5) is 0 Å². The lowest BCUT2D eigenvalue weighted by atomic mass is 9.97. The largest absolute Gasteiger partial charge is 0.148 e. The molecule has 0 radical (unpaired) electrons. The van der Waals surface area contributed by atoms with Gasteiger partial charge in [-0.05, 0) is 80.5 Å². The highest BCUT2D eigenvalue weighted by Crippen LogP contribution is 2.31. The van der Waals surface area contributed by atoms with Crippen LogP contribution in [0.1, 0.15) is 66.7 Å². The summed E-state index contributed by atoms with van der Waals surface area (Å²) in [4.78, 5) is 1.52. The third-order valence-corrected chi connectivity index (χ3v) is 6.06. The van der Waals surface area contributed by atoms with Gasteiger partial charge in [0.15, 0.2) is 0 Å². The first kappa shape index (κ1) is 19.7. The zero-order valence-corrected chi connectivity index (χ0v) is 17.1. The van der Waals surface area contributed by atoms with Crippen molar-refractivity contribution in [2.75, 3.05) is 0 Å². The van der Waals surface area contributed by atoms with Gasteiger partial charge in [0.25, 0.3) is 0 Å². The van der Waals surface area contributed by atoms with Crippen LogP contribution >= 0.6 is 11.3 Å². The molecule has 0 saturated heterocycles. The molecule has 1 aromatic carbocycles. The second kappa shape index (κ2) is 9.77. The summed E-state index contributed by atoms with van der Waals surface area (Å²) < 4.78 is 0. The van der Waals surface area contributed by atoms with Crippen LogP contribution in [-0.2, 0) is 19.3 Å². The van der Waals surface area contributed by atoms with Crippen molar-refractivity contribution < 1.29 is 0 Å². The molecule has 1 heterocycles. The van der Waals surface area contributed by atoms with E-state index in [2.05, 4.69) is 70.0 Å². The second-order valence-corrected chi connectivity index (χ2v) is 8.19. The van der Waals surface area contributed by atoms with Crippen molar-refractivity contribution in [3.8, 4) is 0 Å². The molecule has 0 amide bonds. The van der Waals surface area contributed by atoms with Gasteiger partial charge in [-0.15, -0.1) is 17.9 Å². The molecule has 0 saturated carbocycles. The van der Waals surface area contributed by atoms with Crippen molar-refractivity contribution in [3.05, 3.63) is 81.1 Å². The van der Waals surface area contributed by atoms with Crippen LogP contribution in [-0.4, -0.2) is 0 Å². The van der Waals surface area contributed by atoms with Gasteiger partial charge in [0.2, 0.25) is 0 Å². The molecule has 0 aliphatic heterocycles. The van der Waals surface area contributed by atoms with E-state index < -0.39 is 0 Å². The molecule has 25 heavy (non-hydrogen) atoms. The average Bonchev–Trinajstić information content (AvgIpc) is 2.94. The first-order chi connectivity index (χ1) is 12.0. The lowest BCUT2D eigenvalue weighted by Gasteiger charge is -2.08. The summed E-state index contributed by atoms with van der Waals surface area (Å²) in [6.07, 6.45) is 10.1. The fraction of sp³-hybridized carbons (Fsp3) is 0.417. The zero-order chi connectivity index (χ0) is 18.2. The Balaban J connectivity index is 2.00. The second-order valence-electron chi connectivity index (χ2n) is 7.28. The van der Waals surface area contributed by atoms with Crippen LogP contribution in [0.5, 0.6) is 0 Å². The number of hydrogen-bond donors (Lipinski definition) is 0. The smallest absolute Gasteiger partial charge is 0.0143 e. The highest BCUT2D eigenvalue weighted by atomic mass is 32.1. The first-order valence-corrected chi connectivity index (χ1v) is 10.3. The van der Waals surface area contributed by atoms with Gasteiger partial charge in [-0.1, -0.05) is 48.9 Å². The predicted molar refractivity (Wildman–Crippen MR) is 114 cm³/mol. The summed E-state index contributed by atoms with van der Waals surface area (Å²) in [5.41, 5.74) is 7.33. The molecule has 0 spiro atoms. The maximum atomic E-state index is 3.81. The quantitative estimate of drug-likeness (QED) is 0.325. The number of aryl methyl sites for hydroxylation is 3. The van der Waals surface area contributed by atoms with Crippen molar-refractivity contribution in [1.82, 2.24) is 0 Å². The van der Waals surface area contributed by atoms with E-state index in [4.69, 9.17) is 0 Å². The van der Waals surface area contributed by atoms with Crippen LogP contribution in [0, 0.1) is 6.92 Å². The number of allylic oxidation sites excluding steroid dienone is 3. The molecular formula is C24H32S. The summed E-state index contributed by atoms with van der Waals surface area (Å²) in [7, 11) is 0. The van der Waals surface area contributed by atoms with Crippen molar-refractivity contribution in [3.63, 3.8) is 0 Å². The summed E-state index contributed by atoms with van der Waals surface area (Å²) in [5.74, 6) is 0.525. The summed E-state index contributed by atoms with van der Waals surface area (Å²) in [6.45, 7) is 12.8. The minimum atomic E-state index is 0.525. The molecule has 1 aromatic heterocycles. The molecule has 2 rings (SSSR count). The van der Waals surface area contributed by atoms with E-state index in [9.17, 15) is 0 Å². The SMILES string of the molecule is C=CCCCc1cccc(CCc2csc(C(C)C=C(C)C)c2C)c1. The van der Waals surface area contributed by atoms with E-state index in [0.29, 0.717) is 5.92 Å². The third kappa shape index (κ3) is 6.01. The highest BCUT2D eigenvalue weighted by molar-refractivity contribution is 7.10. The van der Waals surface area contributed by atoms with Crippen LogP contribution in [0.3, 0.4) is 0 Å². The van der Waals surface area contributed by atoms with Crippen LogP contribution in [0.2, 0.25) is 0 Å². The van der Waals surface area contributed by atoms with Gasteiger partial charge in [-0.2, -0.15) is 0 Å². The maximum Gasteiger partial charge on any atom is 0.0143 e. The molecule has 0 N–H and O–H groups in total. The molecular weight excluding hydrogens is 320 g/mol. The van der Waals surface area contributed by atoms with E-state index in [-0.39, 0.29) is 0 Å². The standard InChI is InChI=1S/C24H32S/c1-6-7-8-10-21-11-9-12-22(16-21)13-14-23-17-25-24(20(23)5)19(4)15-18(2)3/h6,9,11-12,15-17,19H,1,7-8,10,13-14H2,2-5H3. The van der Waals surface area contributed by atoms with E-state index in [1.807, 2.05) is 17.4 Å². The van der Waals surface area contributed by atoms with Gasteiger partial charge in [-0.3, -0.25) is 0 Å². The fourth-order valence-corrected chi connectivity index (χ4v) is 4.57. The normalized spacial score (nSPS) is 12.0. The predicted octanol–water partition coefficient (Wildman–Crippen LogP) is 7.42. The number of thiophene rings is 1. The number of benzene rings is 1. The Bertz CT molecular complexity index is 713. The molecule has 0 aliphatic carbocycles. The summed E-state index contributed by atoms with van der Waals surface area (Å²) in [5, 5.41) is 2.37. The summed E-state index contributed by atoms with van der Waals surface area (Å²) in [6, 6.07) is 9.12. The Morgan fingerprint density at radius 2 is 1.88 bits per heavy atom. The molecule has 0 fully saturated rings. The molecule has 0 aliphatic rings. The van der Waals surface area contributed by atoms with Crippen LogP contribution in [0.25, 0.3) is 0 Å². The van der Waals surface area contributed by atoms with Crippen molar-refractivity contribution in [1.29, 1.82) is 0 Å². The van der Waals surface area contributed by atoms with Gasteiger partial charge < -0.3 is 0 Å². The van der Waals surface area contributed by atoms with Crippen molar-refractivity contribution in [2.45, 2.75) is 65.7 Å². The number of hydrogen-bond acceptors (Lipinski definition) is 1. The molecule has 0 nitrogen and oxygen atoms in total. The van der Waals surface area contributed by atoms with Gasteiger partial charge >= 0.3 is 0 Å². The van der Waals surface area contributed by atoms with Gasteiger partial charge in [0.1, 0.15) is 0 Å². The van der Waals surface area contributed by atoms with Gasteiger partial charge in [0, 0.05) is 10.8 Å². The van der Waals surface area contributed by atoms with Crippen molar-refractivity contribution >= 4 is 11.3 Å². The number of rotatable bonds is 9. The van der Waals surface area contributed by atoms with E-state index in [1.165, 1.54) is 39.1 Å². The summed E-state index contributed by atoms with van der Waals surface area (Å²) >= 11 is 1.92. The first-order valence-electron chi connectivity index (χ1n) is 9.42. The lowest BCUT2D eigenvalue weighted by Crippen LogP contribution is -1.95. The third-order valence-electron chi connectivity index (χ3n) is 4.72. The van der Waals surface area contributed by atoms with E-state index >= 15 is 0 Å². The fourth-order valence-electron chi connectivity index (χ4n) is 3.41. The maximum absolute atomic E-state index is 3.81.